The lowest BCUT2D eigenvalue weighted by molar-refractivity contribution is -0.00000735. The average Bonchev–Trinajstić information content (AvgIpc) is 3.07. The van der Waals surface area contributed by atoms with Crippen molar-refractivity contribution < 1.29 is 16.8 Å². The largest absolute Gasteiger partial charge is 1.00 e. The molecule has 0 radical (unpaired) electrons. The summed E-state index contributed by atoms with van der Waals surface area (Å²) in [4.78, 5) is 5.05. The van der Waals surface area contributed by atoms with E-state index in [2.05, 4.69) is 60.0 Å². The van der Waals surface area contributed by atoms with Gasteiger partial charge in [0.2, 0.25) is 0 Å². The van der Waals surface area contributed by atoms with Gasteiger partial charge in [0.25, 0.3) is 0 Å². The summed E-state index contributed by atoms with van der Waals surface area (Å²) in [6, 6.07) is 0. The van der Waals surface area contributed by atoms with Crippen LogP contribution in [0.5, 0.6) is 0 Å². The summed E-state index contributed by atoms with van der Waals surface area (Å²) in [5, 5.41) is 3.77. The third-order valence-electron chi connectivity index (χ3n) is 6.42. The molecular formula is C23H47ClNOPSSi. The van der Waals surface area contributed by atoms with Gasteiger partial charge in [-0.1, -0.05) is 60.8 Å². The standard InChI is InChI=1S/C23H47NOPSSi.ClH/c1-9-12-15-26(16-13-10-2,17-14-11-3)19-21-20-27-22(24-21)18-25-28(7,8)23(4,5)6;/h20H,9-19H2,1-8H3;1H/q+1;/p-1. The van der Waals surface area contributed by atoms with Crippen LogP contribution in [0.1, 0.15) is 90.8 Å². The molecule has 0 unspecified atom stereocenters. The summed E-state index contributed by atoms with van der Waals surface area (Å²) in [7, 11) is -2.62. The molecule has 172 valence electrons. The lowest BCUT2D eigenvalue weighted by Crippen LogP contribution is -3.00. The van der Waals surface area contributed by atoms with E-state index in [9.17, 15) is 0 Å². The maximum Gasteiger partial charge on any atom is 0.192 e. The van der Waals surface area contributed by atoms with E-state index in [-0.39, 0.29) is 17.4 Å². The fourth-order valence-electron chi connectivity index (χ4n) is 3.34. The normalized spacial score (nSPS) is 12.8. The number of thiazole rings is 1. The number of unbranched alkanes of at least 4 members (excludes halogenated alkanes) is 3. The summed E-state index contributed by atoms with van der Waals surface area (Å²) in [5.74, 6) is 0. The van der Waals surface area contributed by atoms with Gasteiger partial charge >= 0.3 is 0 Å². The first kappa shape index (κ1) is 29.5. The van der Waals surface area contributed by atoms with Gasteiger partial charge in [-0.2, -0.15) is 0 Å². The number of rotatable bonds is 14. The molecule has 0 aliphatic heterocycles. The van der Waals surface area contributed by atoms with Gasteiger partial charge in [-0.15, -0.1) is 11.3 Å². The van der Waals surface area contributed by atoms with Crippen molar-refractivity contribution in [2.24, 2.45) is 0 Å². The highest BCUT2D eigenvalue weighted by Gasteiger charge is 2.38. The van der Waals surface area contributed by atoms with Crippen LogP contribution in [0.25, 0.3) is 0 Å². The summed E-state index contributed by atoms with van der Waals surface area (Å²) in [5.41, 5.74) is 1.36. The Kier molecular flexibility index (Phi) is 14.1. The molecular weight excluding hydrogens is 433 g/mol. The van der Waals surface area contributed by atoms with Crippen LogP contribution in [-0.4, -0.2) is 31.8 Å². The Morgan fingerprint density at radius 2 is 1.45 bits per heavy atom. The second kappa shape index (κ2) is 13.8. The van der Waals surface area contributed by atoms with Crippen molar-refractivity contribution in [3.63, 3.8) is 0 Å². The Morgan fingerprint density at radius 3 is 1.86 bits per heavy atom. The van der Waals surface area contributed by atoms with Crippen molar-refractivity contribution in [2.45, 2.75) is 111 Å². The van der Waals surface area contributed by atoms with E-state index in [1.807, 2.05) is 11.3 Å². The van der Waals surface area contributed by atoms with Crippen LogP contribution in [0.3, 0.4) is 0 Å². The molecule has 1 heterocycles. The molecule has 0 atom stereocenters. The molecule has 0 aromatic carbocycles. The minimum Gasteiger partial charge on any atom is -1.00 e. The van der Waals surface area contributed by atoms with Gasteiger partial charge in [-0.05, 0) is 37.4 Å². The molecule has 0 aliphatic rings. The molecule has 0 fully saturated rings. The van der Waals surface area contributed by atoms with Crippen molar-refractivity contribution in [3.05, 3.63) is 16.1 Å². The van der Waals surface area contributed by atoms with Crippen molar-refractivity contribution in [3.8, 4) is 0 Å². The van der Waals surface area contributed by atoms with Gasteiger partial charge in [0.1, 0.15) is 11.2 Å². The molecule has 0 saturated heterocycles. The molecule has 0 saturated carbocycles. The van der Waals surface area contributed by atoms with Gasteiger partial charge in [0.15, 0.2) is 8.32 Å². The van der Waals surface area contributed by atoms with E-state index in [4.69, 9.17) is 9.41 Å². The van der Waals surface area contributed by atoms with E-state index in [1.165, 1.54) is 73.9 Å². The second-order valence-electron chi connectivity index (χ2n) is 10.0. The number of hydrogen-bond acceptors (Lipinski definition) is 3. The molecule has 29 heavy (non-hydrogen) atoms. The van der Waals surface area contributed by atoms with Crippen LogP contribution in [-0.2, 0) is 17.2 Å². The Morgan fingerprint density at radius 1 is 0.966 bits per heavy atom. The van der Waals surface area contributed by atoms with E-state index >= 15 is 0 Å². The predicted octanol–water partition coefficient (Wildman–Crippen LogP) is 5.59. The highest BCUT2D eigenvalue weighted by molar-refractivity contribution is 7.75. The van der Waals surface area contributed by atoms with Crippen molar-refractivity contribution in [1.82, 2.24) is 4.98 Å². The Balaban J connectivity index is 0.00000784. The van der Waals surface area contributed by atoms with Gasteiger partial charge in [-0.3, -0.25) is 0 Å². The third kappa shape index (κ3) is 10.1. The number of halogens is 1. The summed E-state index contributed by atoms with van der Waals surface area (Å²) >= 11 is 1.82. The van der Waals surface area contributed by atoms with Crippen LogP contribution in [0, 0.1) is 0 Å². The monoisotopic (exact) mass is 479 g/mol. The first-order valence-electron chi connectivity index (χ1n) is 11.5. The topological polar surface area (TPSA) is 22.1 Å². The fraction of sp³-hybridized carbons (Fsp3) is 0.870. The van der Waals surface area contributed by atoms with Crippen LogP contribution < -0.4 is 12.4 Å². The van der Waals surface area contributed by atoms with Crippen LogP contribution in [0.15, 0.2) is 5.38 Å². The molecule has 0 amide bonds. The summed E-state index contributed by atoms with van der Waals surface area (Å²) in [6.07, 6.45) is 13.8. The summed E-state index contributed by atoms with van der Waals surface area (Å²) < 4.78 is 6.41. The average molecular weight is 480 g/mol. The van der Waals surface area contributed by atoms with Crippen LogP contribution >= 0.6 is 18.6 Å². The highest BCUT2D eigenvalue weighted by atomic mass is 35.5. The highest BCUT2D eigenvalue weighted by Crippen LogP contribution is 2.63. The van der Waals surface area contributed by atoms with Crippen molar-refractivity contribution in [1.29, 1.82) is 0 Å². The molecule has 1 rings (SSSR count). The third-order valence-corrected chi connectivity index (χ3v) is 16.6. The van der Waals surface area contributed by atoms with Crippen molar-refractivity contribution >= 4 is 26.9 Å². The smallest absolute Gasteiger partial charge is 0.192 e. The second-order valence-corrected chi connectivity index (χ2v) is 20.1. The van der Waals surface area contributed by atoms with Gasteiger partial charge in [0.05, 0.1) is 30.8 Å². The lowest BCUT2D eigenvalue weighted by atomic mass is 10.2. The van der Waals surface area contributed by atoms with E-state index < -0.39 is 15.6 Å². The number of hydrogen-bond donors (Lipinski definition) is 0. The van der Waals surface area contributed by atoms with Crippen LogP contribution in [0.4, 0.5) is 0 Å². The molecule has 0 N–H and O–H groups in total. The number of nitrogens with zero attached hydrogens (tertiary/aromatic N) is 1. The first-order valence-corrected chi connectivity index (χ1v) is 17.8. The van der Waals surface area contributed by atoms with Crippen molar-refractivity contribution in [2.75, 3.05) is 18.5 Å². The van der Waals surface area contributed by atoms with Crippen LogP contribution in [0.2, 0.25) is 18.1 Å². The first-order chi connectivity index (χ1) is 13.1. The molecule has 1 aromatic heterocycles. The molecule has 6 heteroatoms. The van der Waals surface area contributed by atoms with Gasteiger partial charge in [0, 0.05) is 12.6 Å². The zero-order chi connectivity index (χ0) is 21.3. The maximum atomic E-state index is 6.41. The summed E-state index contributed by atoms with van der Waals surface area (Å²) in [6.45, 7) is 19.3. The zero-order valence-electron chi connectivity index (χ0n) is 20.4. The minimum atomic E-state index is -1.70. The Labute approximate surface area is 193 Å². The lowest BCUT2D eigenvalue weighted by Gasteiger charge is -2.35. The Hall–Kier alpha value is 0.527. The van der Waals surface area contributed by atoms with E-state index in [0.29, 0.717) is 6.61 Å². The predicted molar refractivity (Wildman–Crippen MR) is 134 cm³/mol. The van der Waals surface area contributed by atoms with E-state index in [1.54, 1.807) is 0 Å². The molecule has 0 spiro atoms. The number of aromatic nitrogens is 1. The molecule has 0 aliphatic carbocycles. The van der Waals surface area contributed by atoms with E-state index in [0.717, 1.165) is 0 Å². The SMILES string of the molecule is CCCC[P+](CCCC)(CCCC)Cc1csc(CO[Si](C)(C)C(C)(C)C)n1.[Cl-]. The quantitative estimate of drug-likeness (QED) is 0.256. The molecule has 1 aromatic rings. The van der Waals surface area contributed by atoms with Gasteiger partial charge in [-0.25, -0.2) is 4.98 Å². The zero-order valence-corrected chi connectivity index (χ0v) is 23.9. The Bertz CT molecular complexity index is 538. The van der Waals surface area contributed by atoms with Gasteiger partial charge < -0.3 is 16.8 Å². The maximum absolute atomic E-state index is 6.41. The fourth-order valence-corrected chi connectivity index (χ4v) is 10.2. The molecule has 0 bridgehead atoms. The molecule has 2 nitrogen and oxygen atoms in total. The minimum absolute atomic E-state index is 0.